The van der Waals surface area contributed by atoms with E-state index < -0.39 is 0 Å². The van der Waals surface area contributed by atoms with Gasteiger partial charge in [-0.2, -0.15) is 0 Å². The van der Waals surface area contributed by atoms with Gasteiger partial charge in [0.05, 0.1) is 71.6 Å². The summed E-state index contributed by atoms with van der Waals surface area (Å²) in [5.41, 5.74) is 16.0. The van der Waals surface area contributed by atoms with Crippen LogP contribution in [0.25, 0.3) is 44.4 Å². The van der Waals surface area contributed by atoms with Crippen molar-refractivity contribution in [3.63, 3.8) is 0 Å². The van der Waals surface area contributed by atoms with Crippen LogP contribution in [0.3, 0.4) is 0 Å². The normalized spacial score (nSPS) is 14.8. The molecule has 2 aliphatic rings. The van der Waals surface area contributed by atoms with Crippen molar-refractivity contribution in [2.45, 2.75) is 468 Å². The Hall–Kier alpha value is -3.20. The van der Waals surface area contributed by atoms with Crippen molar-refractivity contribution in [3.8, 4) is 0 Å². The zero-order valence-electron chi connectivity index (χ0n) is 76.0. The molecule has 8 atom stereocenters. The van der Waals surface area contributed by atoms with Gasteiger partial charge in [0.15, 0.2) is 0 Å². The molecule has 0 spiro atoms. The number of hydrogen-bond donors (Lipinski definition) is 2. The van der Waals surface area contributed by atoms with E-state index in [1.54, 1.807) is 0 Å². The van der Waals surface area contributed by atoms with Gasteiger partial charge in [0.1, 0.15) is 0 Å². The summed E-state index contributed by atoms with van der Waals surface area (Å²) >= 11 is 0. The van der Waals surface area contributed by atoms with Crippen LogP contribution >= 0.6 is 0 Å². The molecule has 3 aromatic rings. The first kappa shape index (κ1) is 102. The predicted molar refractivity (Wildman–Crippen MR) is 481 cm³/mol. The molecule has 12 nitrogen and oxygen atoms in total. The first-order valence-corrected chi connectivity index (χ1v) is 48.0. The Morgan fingerprint density at radius 1 is 0.204 bits per heavy atom. The molecule has 113 heavy (non-hydrogen) atoms. The maximum Gasteiger partial charge on any atom is 2.00 e. The Labute approximate surface area is 705 Å². The summed E-state index contributed by atoms with van der Waals surface area (Å²) in [5, 5.41) is 0. The fourth-order valence-corrected chi connectivity index (χ4v) is 16.9. The Morgan fingerprint density at radius 3 is 0.540 bits per heavy atom. The zero-order valence-corrected chi connectivity index (χ0v) is 76.9. The topological polar surface area (TPSA) is 131 Å². The number of rotatable bonds is 72. The van der Waals surface area contributed by atoms with Crippen molar-refractivity contribution < 1.29 is 55.0 Å². The van der Waals surface area contributed by atoms with Crippen molar-refractivity contribution >= 4 is 44.4 Å². The summed E-state index contributed by atoms with van der Waals surface area (Å²) in [7, 11) is 0. The van der Waals surface area contributed by atoms with E-state index in [0.29, 0.717) is 52.9 Å². The van der Waals surface area contributed by atoms with Crippen LogP contribution in [0.15, 0.2) is 24.3 Å². The summed E-state index contributed by atoms with van der Waals surface area (Å²) in [6.45, 7) is 41.9. The summed E-state index contributed by atoms with van der Waals surface area (Å²) in [5.74, 6) is 0. The van der Waals surface area contributed by atoms with Gasteiger partial charge in [-0.05, 0) is 131 Å². The minimum atomic E-state index is -0.322. The molecule has 0 fully saturated rings. The molecule has 1 radical (unpaired) electrons. The second-order valence-electron chi connectivity index (χ2n) is 33.8. The molecule has 3 aromatic heterocycles. The summed E-state index contributed by atoms with van der Waals surface area (Å²) < 4.78 is 57.9. The number of nitrogens with zero attached hydrogens (tertiary/aromatic N) is 2. The van der Waals surface area contributed by atoms with E-state index in [4.69, 9.17) is 47.9 Å². The fraction of sp³-hybridized carbons (Fsp3) is 0.800. The van der Waals surface area contributed by atoms with E-state index in [2.05, 4.69) is 145 Å². The number of hydrogen-bond acceptors (Lipinski definition) is 10. The smallest absolute Gasteiger partial charge is 0.374 e. The van der Waals surface area contributed by atoms with Crippen molar-refractivity contribution in [2.75, 3.05) is 52.9 Å². The fourth-order valence-electron chi connectivity index (χ4n) is 16.9. The molecular weight excluding hydrogens is 1450 g/mol. The average Bonchev–Trinajstić information content (AvgIpc) is 1.59. The van der Waals surface area contributed by atoms with E-state index in [-0.39, 0.29) is 65.9 Å². The Morgan fingerprint density at radius 2 is 0.354 bits per heavy atom. The van der Waals surface area contributed by atoms with Gasteiger partial charge in [0.25, 0.3) is 0 Å². The molecule has 5 heterocycles. The first-order chi connectivity index (χ1) is 54.7. The van der Waals surface area contributed by atoms with Crippen molar-refractivity contribution in [1.82, 2.24) is 19.9 Å². The van der Waals surface area contributed by atoms with Crippen LogP contribution in [0.1, 0.15) is 488 Å². The monoisotopic (exact) mass is 1620 g/mol. The largest absolute Gasteiger partial charge is 2.00 e. The van der Waals surface area contributed by atoms with E-state index in [1.165, 1.54) is 205 Å². The molecular formula is C100H174CuN4O8+2. The van der Waals surface area contributed by atoms with Gasteiger partial charge in [-0.1, -0.05) is 312 Å². The maximum absolute atomic E-state index is 7.25. The zero-order chi connectivity index (χ0) is 80.8. The van der Waals surface area contributed by atoms with Gasteiger partial charge in [0.2, 0.25) is 0 Å². The summed E-state index contributed by atoms with van der Waals surface area (Å²) in [4.78, 5) is 20.5. The number of nitrogens with one attached hydrogen (secondary N) is 2. The van der Waals surface area contributed by atoms with Crippen LogP contribution < -0.4 is 0 Å². The minimum absolute atomic E-state index is 0. The van der Waals surface area contributed by atoms with Crippen LogP contribution in [0, 0.1) is 0 Å². The number of ether oxygens (including phenoxy) is 8. The quantitative estimate of drug-likeness (QED) is 0.0416. The van der Waals surface area contributed by atoms with Crippen LogP contribution in [-0.2, 0) is 55.0 Å². The minimum Gasteiger partial charge on any atom is -0.374 e. The van der Waals surface area contributed by atoms with Gasteiger partial charge in [-0.25, -0.2) is 9.97 Å². The third kappa shape index (κ3) is 38.0. The van der Waals surface area contributed by atoms with E-state index in [1.807, 2.05) is 0 Å². The molecule has 8 bridgehead atoms. The Bertz CT molecular complexity index is 2930. The third-order valence-electron chi connectivity index (χ3n) is 23.7. The first-order valence-electron chi connectivity index (χ1n) is 48.0. The molecule has 2 N–H and O–H groups in total. The van der Waals surface area contributed by atoms with Crippen molar-refractivity contribution in [3.05, 3.63) is 69.3 Å². The van der Waals surface area contributed by atoms with E-state index in [0.717, 1.165) is 192 Å². The molecule has 8 unspecified atom stereocenters. The number of H-pyrrole nitrogens is 2. The van der Waals surface area contributed by atoms with Gasteiger partial charge in [0, 0.05) is 119 Å². The third-order valence-corrected chi connectivity index (χ3v) is 23.7. The molecule has 0 aliphatic carbocycles. The molecule has 0 aromatic carbocycles. The summed E-state index contributed by atoms with van der Waals surface area (Å²) in [6.07, 6.45) is 54.7. The number of unbranched alkanes of at least 4 members (excludes halogenated alkanes) is 40. The van der Waals surface area contributed by atoms with Crippen LogP contribution in [0.5, 0.6) is 0 Å². The van der Waals surface area contributed by atoms with Gasteiger partial charge in [-0.15, -0.1) is 0 Å². The number of fused-ring (bicyclic) bond motifs is 8. The second kappa shape index (κ2) is 63.8. The van der Waals surface area contributed by atoms with Gasteiger partial charge in [-0.3, -0.25) is 0 Å². The Balaban J connectivity index is 0.0000269. The molecule has 5 rings (SSSR count). The van der Waals surface area contributed by atoms with Crippen LogP contribution in [0.4, 0.5) is 0 Å². The van der Waals surface area contributed by atoms with E-state index >= 15 is 0 Å². The second-order valence-corrected chi connectivity index (χ2v) is 33.8. The number of aromatic nitrogens is 4. The summed E-state index contributed by atoms with van der Waals surface area (Å²) in [6, 6.07) is 9.39. The molecule has 651 valence electrons. The molecule has 13 heteroatoms. The van der Waals surface area contributed by atoms with Crippen LogP contribution in [0.2, 0.25) is 0 Å². The molecule has 0 saturated heterocycles. The van der Waals surface area contributed by atoms with Gasteiger partial charge >= 0.3 is 17.1 Å². The molecule has 0 saturated carbocycles. The van der Waals surface area contributed by atoms with Crippen molar-refractivity contribution in [2.24, 2.45) is 0 Å². The van der Waals surface area contributed by atoms with E-state index in [9.17, 15) is 0 Å². The maximum atomic E-state index is 7.25. The van der Waals surface area contributed by atoms with Crippen LogP contribution in [-0.4, -0.2) is 97.2 Å². The molecule has 2 aliphatic heterocycles. The SMILES string of the molecule is CCCCCCCCOC(C)C1=C(C(C)OCCCCCCCC)c2cc3[nH]c(cc4[nH]c(cc5nc(cc1n2)C(C(C)OCCCCCCCC)=C5C(C)OCCCCCCCC)c(C(C)OCCCCCCCC)c4C(C)OCCCCCCCC)c(C(C)OCCCCCCCC)c3C(C)OCCCCCCCC.[Cu+2]. The van der Waals surface area contributed by atoms with Crippen molar-refractivity contribution in [1.29, 1.82) is 0 Å². The average molecular weight is 1620 g/mol. The standard InChI is InChI=1S/C100H174N4O8.Cu/c1-17-25-33-41-49-57-65-105-77(9)93-85-73-87-95(79(11)107-67-59-51-43-35-27-19-3)97(81(13)109-69-61-53-45-37-29-21-5)89(102-87)75-91-99(83(15)111-71-63-55-47-39-31-23-7)100(84(16)112-72-64-56-48-40-32-24-8)92(104-91)76-90-98(82(14)110-70-62-54-46-38-30-22-6)96(80(12)108-68-60-52-44-36-28-20-4)88(103-90)74-86(101-85)94(93)78(10)106-66-58-50-42-34-26-18-2;/h73-84,101-102H,17-72H2,1-16H3;/q;+2. The Kier molecular flexibility index (Phi) is 57.7. The van der Waals surface area contributed by atoms with Gasteiger partial charge < -0.3 is 47.9 Å². The number of aromatic amines is 2. The predicted octanol–water partition coefficient (Wildman–Crippen LogP) is 30.9. The molecule has 0 amide bonds.